The largest absolute Gasteiger partial charge is 0.383 e. The van der Waals surface area contributed by atoms with Crippen molar-refractivity contribution in [2.75, 3.05) is 29.6 Å². The van der Waals surface area contributed by atoms with Crippen LogP contribution in [0.3, 0.4) is 0 Å². The molecule has 0 aromatic carbocycles. The summed E-state index contributed by atoms with van der Waals surface area (Å²) in [7, 11) is -0.737. The first kappa shape index (κ1) is 13.9. The lowest BCUT2D eigenvalue weighted by Crippen LogP contribution is -2.11. The molecule has 6 heteroatoms. The number of nitrogen functional groups attached to an aromatic ring is 1. The number of hydrogen-bond acceptors (Lipinski definition) is 5. The standard InChI is InChI=1S/C11H20N4OS/c1-4-9-14-10(12)8(2)11(15-9)13-6-5-7-17(3)16/h4-7H2,1-3H3,(H3,12,13,14,15). The zero-order chi connectivity index (χ0) is 12.8. The van der Waals surface area contributed by atoms with Gasteiger partial charge in [-0.1, -0.05) is 6.92 Å². The highest BCUT2D eigenvalue weighted by Crippen LogP contribution is 2.17. The third-order valence-corrected chi connectivity index (χ3v) is 3.31. The van der Waals surface area contributed by atoms with Gasteiger partial charge in [0.15, 0.2) is 0 Å². The lowest BCUT2D eigenvalue weighted by atomic mass is 10.3. The molecule has 0 aliphatic carbocycles. The Kier molecular flexibility index (Phi) is 5.34. The number of rotatable bonds is 6. The minimum atomic E-state index is -0.737. The molecule has 1 unspecified atom stereocenters. The van der Waals surface area contributed by atoms with Crippen molar-refractivity contribution >= 4 is 22.4 Å². The summed E-state index contributed by atoms with van der Waals surface area (Å²) in [5.74, 6) is 2.76. The second kappa shape index (κ2) is 6.54. The third-order valence-electron chi connectivity index (χ3n) is 2.45. The predicted molar refractivity (Wildman–Crippen MR) is 72.6 cm³/mol. The minimum absolute atomic E-state index is 0.526. The molecule has 1 atom stereocenters. The van der Waals surface area contributed by atoms with Crippen LogP contribution in [0.1, 0.15) is 24.7 Å². The molecule has 0 radical (unpaired) electrons. The van der Waals surface area contributed by atoms with Crippen LogP contribution in [0.25, 0.3) is 0 Å². The van der Waals surface area contributed by atoms with Gasteiger partial charge in [-0.3, -0.25) is 4.21 Å². The van der Waals surface area contributed by atoms with Crippen LogP contribution in [0.4, 0.5) is 11.6 Å². The number of hydrogen-bond donors (Lipinski definition) is 2. The minimum Gasteiger partial charge on any atom is -0.383 e. The molecule has 0 aliphatic rings. The summed E-state index contributed by atoms with van der Waals surface area (Å²) in [5.41, 5.74) is 6.68. The van der Waals surface area contributed by atoms with Crippen LogP contribution in [0.15, 0.2) is 0 Å². The summed E-state index contributed by atoms with van der Waals surface area (Å²) in [6.45, 7) is 4.64. The van der Waals surface area contributed by atoms with Crippen molar-refractivity contribution in [1.29, 1.82) is 0 Å². The Bertz CT molecular complexity index is 409. The maximum atomic E-state index is 10.9. The van der Waals surface area contributed by atoms with E-state index >= 15 is 0 Å². The highest BCUT2D eigenvalue weighted by molar-refractivity contribution is 7.84. The van der Waals surface area contributed by atoms with E-state index in [4.69, 9.17) is 5.73 Å². The average molecular weight is 256 g/mol. The molecule has 1 heterocycles. The average Bonchev–Trinajstić information content (AvgIpc) is 2.29. The summed E-state index contributed by atoms with van der Waals surface area (Å²) in [4.78, 5) is 8.58. The Morgan fingerprint density at radius 3 is 2.71 bits per heavy atom. The van der Waals surface area contributed by atoms with Crippen molar-refractivity contribution in [2.45, 2.75) is 26.7 Å². The predicted octanol–water partition coefficient (Wildman–Crippen LogP) is 1.11. The molecule has 17 heavy (non-hydrogen) atoms. The molecule has 0 spiro atoms. The van der Waals surface area contributed by atoms with E-state index < -0.39 is 10.8 Å². The fourth-order valence-electron chi connectivity index (χ4n) is 1.39. The van der Waals surface area contributed by atoms with Gasteiger partial charge in [-0.05, 0) is 13.3 Å². The summed E-state index contributed by atoms with van der Waals surface area (Å²) in [5, 5.41) is 3.22. The smallest absolute Gasteiger partial charge is 0.134 e. The third kappa shape index (κ3) is 4.30. The van der Waals surface area contributed by atoms with E-state index in [1.54, 1.807) is 6.26 Å². The first-order chi connectivity index (χ1) is 8.04. The maximum absolute atomic E-state index is 10.9. The quantitative estimate of drug-likeness (QED) is 0.745. The molecular formula is C11H20N4OS. The van der Waals surface area contributed by atoms with Crippen LogP contribution in [0, 0.1) is 6.92 Å². The van der Waals surface area contributed by atoms with Crippen molar-refractivity contribution in [1.82, 2.24) is 9.97 Å². The molecule has 0 aliphatic heterocycles. The van der Waals surface area contributed by atoms with Crippen LogP contribution in [0.2, 0.25) is 0 Å². The first-order valence-corrected chi connectivity index (χ1v) is 7.44. The fraction of sp³-hybridized carbons (Fsp3) is 0.636. The molecule has 96 valence electrons. The Hall–Kier alpha value is -1.17. The fourth-order valence-corrected chi connectivity index (χ4v) is 1.95. The Morgan fingerprint density at radius 1 is 1.41 bits per heavy atom. The Labute approximate surface area is 105 Å². The summed E-state index contributed by atoms with van der Waals surface area (Å²) in [6, 6.07) is 0. The van der Waals surface area contributed by atoms with Crippen molar-refractivity contribution in [2.24, 2.45) is 0 Å². The van der Waals surface area contributed by atoms with E-state index in [0.29, 0.717) is 11.6 Å². The number of aromatic nitrogens is 2. The van der Waals surface area contributed by atoms with Gasteiger partial charge < -0.3 is 11.1 Å². The van der Waals surface area contributed by atoms with Gasteiger partial charge in [-0.15, -0.1) is 0 Å². The molecule has 3 N–H and O–H groups in total. The van der Waals surface area contributed by atoms with Crippen LogP contribution in [-0.2, 0) is 17.2 Å². The molecule has 0 saturated heterocycles. The number of nitrogens with one attached hydrogen (secondary N) is 1. The second-order valence-corrected chi connectivity index (χ2v) is 5.46. The molecule has 0 saturated carbocycles. The number of anilines is 2. The van der Waals surface area contributed by atoms with Gasteiger partial charge >= 0.3 is 0 Å². The van der Waals surface area contributed by atoms with Gasteiger partial charge in [0.2, 0.25) is 0 Å². The molecule has 5 nitrogen and oxygen atoms in total. The highest BCUT2D eigenvalue weighted by atomic mass is 32.2. The SMILES string of the molecule is CCc1nc(N)c(C)c(NCCCS(C)=O)n1. The van der Waals surface area contributed by atoms with E-state index in [1.165, 1.54) is 0 Å². The number of aryl methyl sites for hydroxylation is 1. The normalized spacial score (nSPS) is 12.4. The van der Waals surface area contributed by atoms with Crippen molar-refractivity contribution in [3.05, 3.63) is 11.4 Å². The number of nitrogens with zero attached hydrogens (tertiary/aromatic N) is 2. The lowest BCUT2D eigenvalue weighted by Gasteiger charge is -2.11. The van der Waals surface area contributed by atoms with Crippen molar-refractivity contribution < 1.29 is 4.21 Å². The van der Waals surface area contributed by atoms with Crippen molar-refractivity contribution in [3.8, 4) is 0 Å². The Balaban J connectivity index is 2.63. The first-order valence-electron chi connectivity index (χ1n) is 5.71. The molecule has 0 amide bonds. The van der Waals surface area contributed by atoms with Crippen molar-refractivity contribution in [3.63, 3.8) is 0 Å². The van der Waals surface area contributed by atoms with E-state index in [-0.39, 0.29) is 0 Å². The van der Waals surface area contributed by atoms with E-state index in [1.807, 2.05) is 13.8 Å². The van der Waals surface area contributed by atoms with E-state index in [9.17, 15) is 4.21 Å². The zero-order valence-corrected chi connectivity index (χ0v) is 11.4. The molecular weight excluding hydrogens is 236 g/mol. The molecule has 1 aromatic rings. The van der Waals surface area contributed by atoms with E-state index in [2.05, 4.69) is 15.3 Å². The van der Waals surface area contributed by atoms with Crippen LogP contribution in [0.5, 0.6) is 0 Å². The zero-order valence-electron chi connectivity index (χ0n) is 10.6. The molecule has 1 aromatic heterocycles. The Morgan fingerprint density at radius 2 is 2.12 bits per heavy atom. The van der Waals surface area contributed by atoms with E-state index in [0.717, 1.165) is 36.6 Å². The summed E-state index contributed by atoms with van der Waals surface area (Å²) < 4.78 is 10.9. The summed E-state index contributed by atoms with van der Waals surface area (Å²) in [6.07, 6.45) is 3.33. The molecule has 0 bridgehead atoms. The monoisotopic (exact) mass is 256 g/mol. The maximum Gasteiger partial charge on any atom is 0.134 e. The lowest BCUT2D eigenvalue weighted by molar-refractivity contribution is 0.685. The molecule has 0 fully saturated rings. The second-order valence-electron chi connectivity index (χ2n) is 3.91. The van der Waals surface area contributed by atoms with Gasteiger partial charge in [0, 0.05) is 41.3 Å². The summed E-state index contributed by atoms with van der Waals surface area (Å²) >= 11 is 0. The van der Waals surface area contributed by atoms with Crippen LogP contribution >= 0.6 is 0 Å². The van der Waals surface area contributed by atoms with Crippen LogP contribution < -0.4 is 11.1 Å². The van der Waals surface area contributed by atoms with Crippen LogP contribution in [-0.4, -0.2) is 32.7 Å². The van der Waals surface area contributed by atoms with Gasteiger partial charge in [0.1, 0.15) is 17.5 Å². The number of nitrogens with two attached hydrogens (primary N) is 1. The highest BCUT2D eigenvalue weighted by Gasteiger charge is 2.07. The van der Waals surface area contributed by atoms with Gasteiger partial charge in [0.05, 0.1) is 0 Å². The van der Waals surface area contributed by atoms with Gasteiger partial charge in [0.25, 0.3) is 0 Å². The van der Waals surface area contributed by atoms with Gasteiger partial charge in [-0.25, -0.2) is 9.97 Å². The van der Waals surface area contributed by atoms with Gasteiger partial charge in [-0.2, -0.15) is 0 Å². The topological polar surface area (TPSA) is 80.9 Å². The molecule has 1 rings (SSSR count).